The number of para-hydroxylation sites is 4. The lowest BCUT2D eigenvalue weighted by Gasteiger charge is -2.14. The van der Waals surface area contributed by atoms with E-state index in [4.69, 9.17) is 14.2 Å². The molecule has 0 aliphatic carbocycles. The minimum absolute atomic E-state index is 0.120. The molecular weight excluding hydrogens is 356 g/mol. The summed E-state index contributed by atoms with van der Waals surface area (Å²) >= 11 is 0. The molecule has 0 heterocycles. The fourth-order valence-corrected chi connectivity index (χ4v) is 2.49. The van der Waals surface area contributed by atoms with Crippen LogP contribution < -0.4 is 20.1 Å². The highest BCUT2D eigenvalue weighted by molar-refractivity contribution is 5.95. The summed E-state index contributed by atoms with van der Waals surface area (Å²) in [5, 5.41) is 6.03. The van der Waals surface area contributed by atoms with Gasteiger partial charge in [-0.25, -0.2) is 0 Å². The summed E-state index contributed by atoms with van der Waals surface area (Å²) < 4.78 is 16.8. The Balaban J connectivity index is 1.88. The Kier molecular flexibility index (Phi) is 9.72. The topological polar surface area (TPSA) is 68.8 Å². The molecule has 1 amide bonds. The number of ether oxygens (including phenoxy) is 3. The van der Waals surface area contributed by atoms with Gasteiger partial charge in [-0.15, -0.1) is 0 Å². The first-order chi connectivity index (χ1) is 13.7. The van der Waals surface area contributed by atoms with Crippen molar-refractivity contribution >= 4 is 17.3 Å². The van der Waals surface area contributed by atoms with E-state index in [1.807, 2.05) is 55.5 Å². The molecule has 6 nitrogen and oxygen atoms in total. The molecule has 0 aliphatic heterocycles. The smallest absolute Gasteiger partial charge is 0.243 e. The van der Waals surface area contributed by atoms with Gasteiger partial charge in [0, 0.05) is 6.61 Å². The second-order valence-corrected chi connectivity index (χ2v) is 6.14. The predicted molar refractivity (Wildman–Crippen MR) is 112 cm³/mol. The van der Waals surface area contributed by atoms with Crippen molar-refractivity contribution in [2.75, 3.05) is 43.6 Å². The Hall–Kier alpha value is -2.73. The quantitative estimate of drug-likeness (QED) is 0.502. The van der Waals surface area contributed by atoms with Crippen LogP contribution in [0.2, 0.25) is 0 Å². The molecule has 0 bridgehead atoms. The van der Waals surface area contributed by atoms with Crippen LogP contribution >= 0.6 is 0 Å². The van der Waals surface area contributed by atoms with Crippen molar-refractivity contribution in [1.29, 1.82) is 0 Å². The average Bonchev–Trinajstić information content (AvgIpc) is 2.72. The van der Waals surface area contributed by atoms with Crippen molar-refractivity contribution in [1.82, 2.24) is 0 Å². The van der Waals surface area contributed by atoms with E-state index >= 15 is 0 Å². The van der Waals surface area contributed by atoms with Gasteiger partial charge in [0.15, 0.2) is 0 Å². The highest BCUT2D eigenvalue weighted by atomic mass is 16.5. The average molecular weight is 386 g/mol. The summed E-state index contributed by atoms with van der Waals surface area (Å²) in [5.74, 6) is 1.22. The third kappa shape index (κ3) is 7.48. The number of unbranched alkanes of at least 4 members (excludes halogenated alkanes) is 1. The maximum atomic E-state index is 12.4. The van der Waals surface area contributed by atoms with E-state index in [-0.39, 0.29) is 12.5 Å². The van der Waals surface area contributed by atoms with Crippen molar-refractivity contribution in [3.8, 4) is 11.5 Å². The minimum Gasteiger partial charge on any atom is -0.491 e. The van der Waals surface area contributed by atoms with Gasteiger partial charge in [0.2, 0.25) is 5.91 Å². The van der Waals surface area contributed by atoms with Crippen LogP contribution in [0.1, 0.15) is 26.7 Å². The number of hydrogen-bond acceptors (Lipinski definition) is 5. The fraction of sp³-hybridized carbons (Fsp3) is 0.409. The Labute approximate surface area is 167 Å². The molecule has 2 aromatic rings. The molecule has 0 saturated heterocycles. The van der Waals surface area contributed by atoms with Crippen molar-refractivity contribution in [3.05, 3.63) is 48.5 Å². The Bertz CT molecular complexity index is 721. The van der Waals surface area contributed by atoms with Gasteiger partial charge in [-0.05, 0) is 37.6 Å². The molecular formula is C22H30N2O4. The highest BCUT2D eigenvalue weighted by Crippen LogP contribution is 2.25. The maximum Gasteiger partial charge on any atom is 0.243 e. The minimum atomic E-state index is -0.157. The van der Waals surface area contributed by atoms with E-state index in [0.29, 0.717) is 43.6 Å². The molecule has 2 N–H and O–H groups in total. The van der Waals surface area contributed by atoms with Gasteiger partial charge in [0.1, 0.15) is 18.1 Å². The molecule has 2 aromatic carbocycles. The molecule has 0 saturated carbocycles. The van der Waals surface area contributed by atoms with Crippen LogP contribution in [-0.2, 0) is 9.53 Å². The highest BCUT2D eigenvalue weighted by Gasteiger charge is 2.09. The van der Waals surface area contributed by atoms with E-state index in [0.717, 1.165) is 18.5 Å². The molecule has 0 spiro atoms. The summed E-state index contributed by atoms with van der Waals surface area (Å²) in [6.45, 7) is 6.46. The van der Waals surface area contributed by atoms with Gasteiger partial charge < -0.3 is 24.8 Å². The van der Waals surface area contributed by atoms with Crippen LogP contribution in [0, 0.1) is 0 Å². The number of carbonyl (C=O) groups is 1. The second kappa shape index (κ2) is 12.6. The number of benzene rings is 2. The summed E-state index contributed by atoms with van der Waals surface area (Å²) in [4.78, 5) is 12.4. The van der Waals surface area contributed by atoms with Crippen LogP contribution in [0.4, 0.5) is 11.4 Å². The van der Waals surface area contributed by atoms with Gasteiger partial charge in [-0.2, -0.15) is 0 Å². The van der Waals surface area contributed by atoms with Crippen LogP contribution in [0.15, 0.2) is 48.5 Å². The van der Waals surface area contributed by atoms with E-state index in [9.17, 15) is 4.79 Å². The third-order valence-electron chi connectivity index (χ3n) is 3.93. The molecule has 0 radical (unpaired) electrons. The Morgan fingerprint density at radius 3 is 2.21 bits per heavy atom. The maximum absolute atomic E-state index is 12.4. The second-order valence-electron chi connectivity index (χ2n) is 6.14. The predicted octanol–water partition coefficient (Wildman–Crippen LogP) is 4.33. The van der Waals surface area contributed by atoms with Crippen LogP contribution in [-0.4, -0.2) is 38.9 Å². The number of rotatable bonds is 13. The van der Waals surface area contributed by atoms with Gasteiger partial charge >= 0.3 is 0 Å². The van der Waals surface area contributed by atoms with Crippen molar-refractivity contribution in [2.24, 2.45) is 0 Å². The SMILES string of the molecule is CCCCOc1ccccc1NC(=O)CNc1ccccc1OCCOCC. The van der Waals surface area contributed by atoms with Crippen molar-refractivity contribution in [3.63, 3.8) is 0 Å². The lowest BCUT2D eigenvalue weighted by Crippen LogP contribution is -2.22. The van der Waals surface area contributed by atoms with Gasteiger partial charge in [0.05, 0.1) is 31.1 Å². The van der Waals surface area contributed by atoms with E-state index < -0.39 is 0 Å². The number of hydrogen-bond donors (Lipinski definition) is 2. The molecule has 28 heavy (non-hydrogen) atoms. The zero-order valence-corrected chi connectivity index (χ0v) is 16.7. The molecule has 6 heteroatoms. The summed E-state index contributed by atoms with van der Waals surface area (Å²) in [6.07, 6.45) is 2.04. The molecule has 0 unspecified atom stereocenters. The number of anilines is 2. The van der Waals surface area contributed by atoms with Crippen LogP contribution in [0.3, 0.4) is 0 Å². The first-order valence-electron chi connectivity index (χ1n) is 9.79. The molecule has 0 aromatic heterocycles. The summed E-state index contributed by atoms with van der Waals surface area (Å²) in [6, 6.07) is 15.0. The molecule has 0 aliphatic rings. The molecule has 2 rings (SSSR count). The normalized spacial score (nSPS) is 10.4. The monoisotopic (exact) mass is 386 g/mol. The van der Waals surface area contributed by atoms with Gasteiger partial charge in [-0.1, -0.05) is 37.6 Å². The van der Waals surface area contributed by atoms with Crippen LogP contribution in [0.25, 0.3) is 0 Å². The summed E-state index contributed by atoms with van der Waals surface area (Å²) in [7, 11) is 0. The fourth-order valence-electron chi connectivity index (χ4n) is 2.49. The van der Waals surface area contributed by atoms with E-state index in [1.54, 1.807) is 0 Å². The number of amides is 1. The zero-order valence-electron chi connectivity index (χ0n) is 16.7. The standard InChI is InChI=1S/C22H30N2O4/c1-3-5-14-27-21-13-9-7-11-19(21)24-22(25)17-23-18-10-6-8-12-20(18)28-16-15-26-4-2/h6-13,23H,3-5,14-17H2,1-2H3,(H,24,25). The van der Waals surface area contributed by atoms with E-state index in [2.05, 4.69) is 17.6 Å². The zero-order chi connectivity index (χ0) is 20.0. The number of carbonyl (C=O) groups excluding carboxylic acids is 1. The Morgan fingerprint density at radius 1 is 0.857 bits per heavy atom. The Morgan fingerprint density at radius 2 is 1.50 bits per heavy atom. The lowest BCUT2D eigenvalue weighted by atomic mass is 10.2. The first-order valence-corrected chi connectivity index (χ1v) is 9.79. The van der Waals surface area contributed by atoms with Gasteiger partial charge in [0.25, 0.3) is 0 Å². The van der Waals surface area contributed by atoms with E-state index in [1.165, 1.54) is 0 Å². The van der Waals surface area contributed by atoms with Gasteiger partial charge in [-0.3, -0.25) is 4.79 Å². The molecule has 0 atom stereocenters. The van der Waals surface area contributed by atoms with Crippen LogP contribution in [0.5, 0.6) is 11.5 Å². The number of nitrogens with one attached hydrogen (secondary N) is 2. The molecule has 152 valence electrons. The first kappa shape index (κ1) is 21.6. The van der Waals surface area contributed by atoms with Crippen molar-refractivity contribution < 1.29 is 19.0 Å². The lowest BCUT2D eigenvalue weighted by molar-refractivity contribution is -0.114. The van der Waals surface area contributed by atoms with Crippen molar-refractivity contribution in [2.45, 2.75) is 26.7 Å². The molecule has 0 fully saturated rings. The third-order valence-corrected chi connectivity index (χ3v) is 3.93. The largest absolute Gasteiger partial charge is 0.491 e. The summed E-state index contributed by atoms with van der Waals surface area (Å²) in [5.41, 5.74) is 1.44.